The zero-order valence-electron chi connectivity index (χ0n) is 17.4. The van der Waals surface area contributed by atoms with Crippen molar-refractivity contribution < 1.29 is 28.2 Å². The molecular weight excluding hydrogens is 428 g/mol. The molecule has 3 aromatic carbocycles. The van der Waals surface area contributed by atoms with Gasteiger partial charge in [0.25, 0.3) is 0 Å². The summed E-state index contributed by atoms with van der Waals surface area (Å²) in [7, 11) is 0. The molecule has 5 rings (SSSR count). The van der Waals surface area contributed by atoms with E-state index in [4.69, 9.17) is 19.8 Å². The number of hydrogen-bond acceptors (Lipinski definition) is 4. The molecule has 7 heteroatoms. The summed E-state index contributed by atoms with van der Waals surface area (Å²) < 4.78 is 41.1. The summed E-state index contributed by atoms with van der Waals surface area (Å²) in [5.74, 6) is -1.74. The van der Waals surface area contributed by atoms with Crippen LogP contribution in [0.25, 0.3) is 0 Å². The summed E-state index contributed by atoms with van der Waals surface area (Å²) in [6, 6.07) is 16.2. The van der Waals surface area contributed by atoms with E-state index >= 15 is 0 Å². The van der Waals surface area contributed by atoms with Gasteiger partial charge in [0.2, 0.25) is 0 Å². The fourth-order valence-corrected chi connectivity index (χ4v) is 4.42. The molecule has 166 valence electrons. The molecule has 0 saturated heterocycles. The number of carboxylic acid groups (broad SMARTS) is 1. The lowest BCUT2D eigenvalue weighted by molar-refractivity contribution is -0.138. The molecule has 33 heavy (non-hydrogen) atoms. The third kappa shape index (κ3) is 4.00. The number of benzene rings is 3. The van der Waals surface area contributed by atoms with Crippen molar-refractivity contribution in [3.8, 4) is 23.3 Å². The maximum Gasteiger partial charge on any atom is 0.307 e. The van der Waals surface area contributed by atoms with Crippen molar-refractivity contribution in [3.63, 3.8) is 0 Å². The lowest BCUT2D eigenvalue weighted by Gasteiger charge is -2.17. The summed E-state index contributed by atoms with van der Waals surface area (Å²) in [5, 5.41) is 18.0. The van der Waals surface area contributed by atoms with Crippen LogP contribution in [0.4, 0.5) is 8.78 Å². The first-order valence-corrected chi connectivity index (χ1v) is 10.6. The molecule has 0 bridgehead atoms. The Hall–Kier alpha value is -3.92. The van der Waals surface area contributed by atoms with Gasteiger partial charge in [-0.2, -0.15) is 5.26 Å². The first-order chi connectivity index (χ1) is 15.9. The Kier molecular flexibility index (Phi) is 5.21. The molecule has 0 heterocycles. The van der Waals surface area contributed by atoms with E-state index in [0.717, 1.165) is 11.6 Å². The number of fused-ring (bicyclic) bond motifs is 1. The second-order valence-corrected chi connectivity index (χ2v) is 8.30. The van der Waals surface area contributed by atoms with Crippen LogP contribution in [-0.2, 0) is 11.2 Å². The molecule has 5 nitrogen and oxygen atoms in total. The number of nitrogens with zero attached hydrogens (tertiary/aromatic N) is 1. The van der Waals surface area contributed by atoms with Gasteiger partial charge in [-0.15, -0.1) is 0 Å². The molecule has 3 aromatic rings. The van der Waals surface area contributed by atoms with Crippen LogP contribution in [0.2, 0.25) is 0 Å². The molecule has 3 atom stereocenters. The number of nitriles is 1. The van der Waals surface area contributed by atoms with Crippen molar-refractivity contribution in [1.82, 2.24) is 0 Å². The summed E-state index contributed by atoms with van der Waals surface area (Å²) in [6.07, 6.45) is 0.887. The van der Waals surface area contributed by atoms with Gasteiger partial charge in [-0.05, 0) is 67.1 Å². The number of rotatable bonds is 6. The average molecular weight is 447 g/mol. The Morgan fingerprint density at radius 3 is 2.36 bits per heavy atom. The Labute approximate surface area is 188 Å². The minimum atomic E-state index is -0.793. The highest BCUT2D eigenvalue weighted by atomic mass is 19.1. The number of carbonyl (C=O) groups is 1. The average Bonchev–Trinajstić information content (AvgIpc) is 3.51. The highest BCUT2D eigenvalue weighted by Gasteiger charge is 2.44. The van der Waals surface area contributed by atoms with Crippen molar-refractivity contribution in [2.24, 2.45) is 5.92 Å². The molecule has 1 saturated carbocycles. The maximum atomic E-state index is 14.8. The Morgan fingerprint density at radius 1 is 1.03 bits per heavy atom. The molecule has 0 aliphatic heterocycles. The summed E-state index contributed by atoms with van der Waals surface area (Å²) in [5.41, 5.74) is 2.10. The van der Waals surface area contributed by atoms with Crippen LogP contribution in [-0.4, -0.2) is 11.1 Å². The normalized spacial score (nSPS) is 20.6. The minimum Gasteiger partial charge on any atom is -0.486 e. The first-order valence-electron chi connectivity index (χ1n) is 10.6. The Bertz CT molecular complexity index is 1270. The number of hydrogen-bond donors (Lipinski definition) is 1. The van der Waals surface area contributed by atoms with E-state index in [2.05, 4.69) is 0 Å². The number of ether oxygens (including phenoxy) is 2. The van der Waals surface area contributed by atoms with E-state index < -0.39 is 23.7 Å². The zero-order chi connectivity index (χ0) is 23.1. The predicted octanol–water partition coefficient (Wildman–Crippen LogP) is 5.88. The molecule has 1 N–H and O–H groups in total. The van der Waals surface area contributed by atoms with Crippen LogP contribution >= 0.6 is 0 Å². The van der Waals surface area contributed by atoms with E-state index in [-0.39, 0.29) is 23.1 Å². The maximum absolute atomic E-state index is 14.8. The van der Waals surface area contributed by atoms with Crippen molar-refractivity contribution in [3.05, 3.63) is 88.5 Å². The molecule has 2 aliphatic rings. The fourth-order valence-electron chi connectivity index (χ4n) is 4.42. The lowest BCUT2D eigenvalue weighted by atomic mass is 10.1. The van der Waals surface area contributed by atoms with Gasteiger partial charge in [0.1, 0.15) is 23.4 Å². The van der Waals surface area contributed by atoms with Crippen LogP contribution in [0.1, 0.15) is 47.1 Å². The van der Waals surface area contributed by atoms with Gasteiger partial charge in [-0.3, -0.25) is 4.79 Å². The molecule has 0 aromatic heterocycles. The standard InChI is InChI=1S/C26H19F2NO4/c27-21-12-22(28)25(33-17-5-1-14(13-29)2-6-17)18-9-10-23(24(18)21)32-16-7-3-15(4-8-16)19-11-20(19)26(30)31/h1-8,12,19-20,23H,9-11H2,(H,30,31). The number of halogens is 2. The highest BCUT2D eigenvalue weighted by molar-refractivity contribution is 5.75. The Balaban J connectivity index is 1.36. The minimum absolute atomic E-state index is 0.0195. The molecule has 0 amide bonds. The highest BCUT2D eigenvalue weighted by Crippen LogP contribution is 2.48. The molecule has 1 fully saturated rings. The lowest BCUT2D eigenvalue weighted by Crippen LogP contribution is -2.07. The van der Waals surface area contributed by atoms with Crippen LogP contribution in [0.15, 0.2) is 54.6 Å². The van der Waals surface area contributed by atoms with E-state index in [9.17, 15) is 13.6 Å². The SMILES string of the molecule is N#Cc1ccc(Oc2c(F)cc(F)c3c2CCC3Oc2ccc(C3CC3C(=O)O)cc2)cc1. The number of carboxylic acids is 1. The van der Waals surface area contributed by atoms with Crippen LogP contribution in [0.3, 0.4) is 0 Å². The third-order valence-electron chi connectivity index (χ3n) is 6.20. The quantitative estimate of drug-likeness (QED) is 0.510. The third-order valence-corrected chi connectivity index (χ3v) is 6.20. The number of aliphatic carboxylic acids is 1. The molecular formula is C26H19F2NO4. The smallest absolute Gasteiger partial charge is 0.307 e. The van der Waals surface area contributed by atoms with Crippen molar-refractivity contribution in [2.75, 3.05) is 0 Å². The molecule has 2 aliphatic carbocycles. The molecule has 3 unspecified atom stereocenters. The predicted molar refractivity (Wildman–Crippen MR) is 114 cm³/mol. The zero-order valence-corrected chi connectivity index (χ0v) is 17.4. The van der Waals surface area contributed by atoms with Crippen molar-refractivity contribution >= 4 is 5.97 Å². The van der Waals surface area contributed by atoms with Crippen molar-refractivity contribution in [1.29, 1.82) is 5.26 Å². The van der Waals surface area contributed by atoms with E-state index in [1.165, 1.54) is 0 Å². The van der Waals surface area contributed by atoms with Crippen molar-refractivity contribution in [2.45, 2.75) is 31.3 Å². The Morgan fingerprint density at radius 2 is 1.73 bits per heavy atom. The van der Waals surface area contributed by atoms with E-state index in [0.29, 0.717) is 41.9 Å². The second kappa shape index (κ2) is 8.21. The van der Waals surface area contributed by atoms with Gasteiger partial charge in [-0.25, -0.2) is 8.78 Å². The fraction of sp³-hybridized carbons (Fsp3) is 0.231. The topological polar surface area (TPSA) is 79.5 Å². The monoisotopic (exact) mass is 447 g/mol. The van der Waals surface area contributed by atoms with Gasteiger partial charge in [0.05, 0.1) is 17.6 Å². The van der Waals surface area contributed by atoms with Gasteiger partial charge in [-0.1, -0.05) is 12.1 Å². The van der Waals surface area contributed by atoms with Crippen LogP contribution in [0, 0.1) is 28.9 Å². The summed E-state index contributed by atoms with van der Waals surface area (Å²) in [4.78, 5) is 11.1. The van der Waals surface area contributed by atoms with E-state index in [1.807, 2.05) is 18.2 Å². The van der Waals surface area contributed by atoms with Crippen LogP contribution < -0.4 is 9.47 Å². The van der Waals surface area contributed by atoms with Gasteiger partial charge in [0.15, 0.2) is 11.6 Å². The summed E-state index contributed by atoms with van der Waals surface area (Å²) >= 11 is 0. The molecule has 0 radical (unpaired) electrons. The first kappa shape index (κ1) is 21.0. The second-order valence-electron chi connectivity index (χ2n) is 8.30. The van der Waals surface area contributed by atoms with Gasteiger partial charge >= 0.3 is 5.97 Å². The largest absolute Gasteiger partial charge is 0.486 e. The van der Waals surface area contributed by atoms with E-state index in [1.54, 1.807) is 36.4 Å². The molecule has 0 spiro atoms. The summed E-state index contributed by atoms with van der Waals surface area (Å²) in [6.45, 7) is 0. The van der Waals surface area contributed by atoms with Gasteiger partial charge < -0.3 is 14.6 Å². The van der Waals surface area contributed by atoms with Gasteiger partial charge in [0, 0.05) is 17.2 Å². The van der Waals surface area contributed by atoms with Crippen LogP contribution in [0.5, 0.6) is 17.2 Å².